The van der Waals surface area contributed by atoms with Gasteiger partial charge in [0.2, 0.25) is 5.91 Å². The van der Waals surface area contributed by atoms with Crippen molar-refractivity contribution in [3.05, 3.63) is 24.3 Å². The van der Waals surface area contributed by atoms with Crippen molar-refractivity contribution in [2.75, 3.05) is 6.61 Å². The van der Waals surface area contributed by atoms with Crippen molar-refractivity contribution in [3.63, 3.8) is 0 Å². The fraction of sp³-hybridized carbons (Fsp3) is 0.894. The molecule has 0 bridgehead atoms. The topological polar surface area (TPSA) is 69.6 Å². The van der Waals surface area contributed by atoms with Gasteiger partial charge in [0.25, 0.3) is 0 Å². The highest BCUT2D eigenvalue weighted by atomic mass is 16.3. The van der Waals surface area contributed by atoms with Crippen LogP contribution in [0.1, 0.15) is 251 Å². The molecule has 0 aromatic rings. The van der Waals surface area contributed by atoms with Crippen LogP contribution in [0.5, 0.6) is 0 Å². The number of allylic oxidation sites excluding steroid dienone is 3. The molecule has 51 heavy (non-hydrogen) atoms. The van der Waals surface area contributed by atoms with E-state index < -0.39 is 12.1 Å². The second-order valence-electron chi connectivity index (χ2n) is 15.8. The highest BCUT2D eigenvalue weighted by Crippen LogP contribution is 2.16. The maximum atomic E-state index is 12.3. The van der Waals surface area contributed by atoms with Gasteiger partial charge in [0.1, 0.15) is 0 Å². The normalized spacial score (nSPS) is 13.1. The molecular formula is C47H91NO3. The summed E-state index contributed by atoms with van der Waals surface area (Å²) >= 11 is 0. The Hall–Kier alpha value is -1.13. The van der Waals surface area contributed by atoms with E-state index in [-0.39, 0.29) is 12.5 Å². The fourth-order valence-electron chi connectivity index (χ4n) is 7.12. The third-order valence-electron chi connectivity index (χ3n) is 10.7. The summed E-state index contributed by atoms with van der Waals surface area (Å²) in [7, 11) is 0. The zero-order valence-corrected chi connectivity index (χ0v) is 34.6. The first-order chi connectivity index (χ1) is 25.2. The minimum absolute atomic E-state index is 0.0745. The number of aliphatic hydroxyl groups excluding tert-OH is 2. The van der Waals surface area contributed by atoms with Crippen LogP contribution < -0.4 is 5.32 Å². The standard InChI is InChI=1S/C47H91NO3/c1-3-5-7-9-11-13-15-16-17-18-19-20-21-22-23-24-25-26-27-28-29-30-31-32-33-34-36-38-40-42-46(50)45(44-49)48-47(51)43-41-39-37-35-14-12-10-8-6-4-2/h8,10,40,42,45-46,49-50H,3-7,9,11-39,41,43-44H2,1-2H3,(H,48,51)/b10-8-,42-40+. The Morgan fingerprint density at radius 2 is 0.784 bits per heavy atom. The molecular weight excluding hydrogens is 627 g/mol. The highest BCUT2D eigenvalue weighted by molar-refractivity contribution is 5.76. The van der Waals surface area contributed by atoms with Gasteiger partial charge in [-0.3, -0.25) is 4.79 Å². The summed E-state index contributed by atoms with van der Waals surface area (Å²) in [5, 5.41) is 22.9. The Kier molecular flexibility index (Phi) is 42.3. The van der Waals surface area contributed by atoms with Gasteiger partial charge in [-0.05, 0) is 38.5 Å². The average Bonchev–Trinajstić information content (AvgIpc) is 3.13. The lowest BCUT2D eigenvalue weighted by Crippen LogP contribution is -2.45. The van der Waals surface area contributed by atoms with Gasteiger partial charge in [-0.15, -0.1) is 0 Å². The van der Waals surface area contributed by atoms with Crippen LogP contribution >= 0.6 is 0 Å². The monoisotopic (exact) mass is 718 g/mol. The SMILES string of the molecule is CCC/C=C\CCCCCCCC(=O)NC(CO)C(O)/C=C/CCCCCCCCCCCCCCCCCCCCCCCCCCCCC. The molecule has 0 aliphatic heterocycles. The predicted molar refractivity (Wildman–Crippen MR) is 225 cm³/mol. The molecule has 4 nitrogen and oxygen atoms in total. The Morgan fingerprint density at radius 1 is 0.451 bits per heavy atom. The largest absolute Gasteiger partial charge is 0.394 e. The van der Waals surface area contributed by atoms with E-state index in [2.05, 4.69) is 31.3 Å². The van der Waals surface area contributed by atoms with E-state index in [9.17, 15) is 15.0 Å². The van der Waals surface area contributed by atoms with Gasteiger partial charge in [-0.25, -0.2) is 0 Å². The van der Waals surface area contributed by atoms with Crippen molar-refractivity contribution >= 4 is 5.91 Å². The number of hydrogen-bond acceptors (Lipinski definition) is 3. The molecule has 0 aromatic heterocycles. The molecule has 0 rings (SSSR count). The highest BCUT2D eigenvalue weighted by Gasteiger charge is 2.17. The van der Waals surface area contributed by atoms with Crippen LogP contribution in [0.25, 0.3) is 0 Å². The van der Waals surface area contributed by atoms with Crippen molar-refractivity contribution in [3.8, 4) is 0 Å². The first-order valence-corrected chi connectivity index (χ1v) is 23.1. The molecule has 2 unspecified atom stereocenters. The third kappa shape index (κ3) is 39.9. The van der Waals surface area contributed by atoms with Crippen LogP contribution in [0, 0.1) is 0 Å². The second-order valence-corrected chi connectivity index (χ2v) is 15.8. The van der Waals surface area contributed by atoms with Gasteiger partial charge >= 0.3 is 0 Å². The molecule has 0 aliphatic rings. The van der Waals surface area contributed by atoms with Crippen molar-refractivity contribution in [2.24, 2.45) is 0 Å². The van der Waals surface area contributed by atoms with Crippen molar-refractivity contribution in [1.82, 2.24) is 5.32 Å². The van der Waals surface area contributed by atoms with Crippen LogP contribution in [0.2, 0.25) is 0 Å². The molecule has 0 spiro atoms. The van der Waals surface area contributed by atoms with Gasteiger partial charge in [-0.1, -0.05) is 231 Å². The Labute approximate surface area is 319 Å². The van der Waals surface area contributed by atoms with Crippen LogP contribution in [0.15, 0.2) is 24.3 Å². The van der Waals surface area contributed by atoms with E-state index in [1.165, 1.54) is 193 Å². The molecule has 302 valence electrons. The predicted octanol–water partition coefficient (Wildman–Crippen LogP) is 14.4. The Balaban J connectivity index is 3.43. The second kappa shape index (κ2) is 43.3. The molecule has 2 atom stereocenters. The third-order valence-corrected chi connectivity index (χ3v) is 10.7. The number of unbranched alkanes of at least 4 members (excludes halogenated alkanes) is 33. The molecule has 3 N–H and O–H groups in total. The zero-order valence-electron chi connectivity index (χ0n) is 34.6. The summed E-state index contributed by atoms with van der Waals surface area (Å²) in [6.07, 6.45) is 56.0. The number of carbonyl (C=O) groups excluding carboxylic acids is 1. The average molecular weight is 718 g/mol. The van der Waals surface area contributed by atoms with Gasteiger partial charge in [0.05, 0.1) is 18.8 Å². The van der Waals surface area contributed by atoms with Crippen LogP contribution in [0.4, 0.5) is 0 Å². The lowest BCUT2D eigenvalue weighted by molar-refractivity contribution is -0.123. The lowest BCUT2D eigenvalue weighted by Gasteiger charge is -2.20. The Bertz CT molecular complexity index is 735. The molecule has 0 saturated heterocycles. The van der Waals surface area contributed by atoms with Crippen molar-refractivity contribution in [1.29, 1.82) is 0 Å². The summed E-state index contributed by atoms with van der Waals surface area (Å²) in [5.41, 5.74) is 0. The number of nitrogens with one attached hydrogen (secondary N) is 1. The van der Waals surface area contributed by atoms with E-state index in [0.29, 0.717) is 6.42 Å². The summed E-state index contributed by atoms with van der Waals surface area (Å²) in [6, 6.07) is -0.623. The maximum absolute atomic E-state index is 12.3. The van der Waals surface area contributed by atoms with Gasteiger partial charge in [-0.2, -0.15) is 0 Å². The summed E-state index contributed by atoms with van der Waals surface area (Å²) in [6.45, 7) is 4.25. The van der Waals surface area contributed by atoms with Crippen molar-refractivity contribution in [2.45, 2.75) is 264 Å². The van der Waals surface area contributed by atoms with E-state index in [1.54, 1.807) is 6.08 Å². The maximum Gasteiger partial charge on any atom is 0.220 e. The molecule has 0 saturated carbocycles. The summed E-state index contributed by atoms with van der Waals surface area (Å²) in [4.78, 5) is 12.3. The first-order valence-electron chi connectivity index (χ1n) is 23.1. The van der Waals surface area contributed by atoms with Crippen LogP contribution in [-0.4, -0.2) is 34.9 Å². The fourth-order valence-corrected chi connectivity index (χ4v) is 7.12. The molecule has 0 aliphatic carbocycles. The minimum atomic E-state index is -0.839. The van der Waals surface area contributed by atoms with E-state index in [1.807, 2.05) is 6.08 Å². The van der Waals surface area contributed by atoms with Gasteiger partial charge < -0.3 is 15.5 Å². The molecule has 0 heterocycles. The number of amides is 1. The number of carbonyl (C=O) groups is 1. The summed E-state index contributed by atoms with van der Waals surface area (Å²) < 4.78 is 0. The van der Waals surface area contributed by atoms with E-state index >= 15 is 0 Å². The smallest absolute Gasteiger partial charge is 0.220 e. The van der Waals surface area contributed by atoms with Crippen LogP contribution in [0.3, 0.4) is 0 Å². The van der Waals surface area contributed by atoms with Gasteiger partial charge in [0, 0.05) is 6.42 Å². The van der Waals surface area contributed by atoms with E-state index in [0.717, 1.165) is 38.5 Å². The van der Waals surface area contributed by atoms with E-state index in [4.69, 9.17) is 0 Å². The molecule has 1 amide bonds. The molecule has 0 radical (unpaired) electrons. The zero-order chi connectivity index (χ0) is 37.1. The van der Waals surface area contributed by atoms with Crippen molar-refractivity contribution < 1.29 is 15.0 Å². The number of hydrogen-bond donors (Lipinski definition) is 3. The summed E-state index contributed by atoms with van der Waals surface area (Å²) in [5.74, 6) is -0.0745. The Morgan fingerprint density at radius 3 is 1.16 bits per heavy atom. The van der Waals surface area contributed by atoms with Gasteiger partial charge in [0.15, 0.2) is 0 Å². The lowest BCUT2D eigenvalue weighted by atomic mass is 10.0. The first kappa shape index (κ1) is 49.9. The number of aliphatic hydroxyl groups is 2. The molecule has 0 fully saturated rings. The quantitative estimate of drug-likeness (QED) is 0.0435. The number of rotatable bonds is 42. The minimum Gasteiger partial charge on any atom is -0.394 e. The van der Waals surface area contributed by atoms with Crippen LogP contribution in [-0.2, 0) is 4.79 Å². The molecule has 0 aromatic carbocycles. The molecule has 4 heteroatoms.